The van der Waals surface area contributed by atoms with Crippen molar-refractivity contribution in [1.29, 1.82) is 0 Å². The number of benzene rings is 1. The Hall–Kier alpha value is -4.04. The number of nitrogens with zero attached hydrogens (tertiary/aromatic N) is 4. The summed E-state index contributed by atoms with van der Waals surface area (Å²) in [4.78, 5) is 25.2. The van der Waals surface area contributed by atoms with Crippen LogP contribution in [0.2, 0.25) is 0 Å². The maximum Gasteiger partial charge on any atom is 0.573 e. The Kier molecular flexibility index (Phi) is 6.75. The van der Waals surface area contributed by atoms with Crippen molar-refractivity contribution in [3.63, 3.8) is 0 Å². The van der Waals surface area contributed by atoms with Gasteiger partial charge in [0.25, 0.3) is 10.0 Å². The van der Waals surface area contributed by atoms with Crippen molar-refractivity contribution in [2.24, 2.45) is 0 Å². The van der Waals surface area contributed by atoms with Gasteiger partial charge in [-0.05, 0) is 49.2 Å². The summed E-state index contributed by atoms with van der Waals surface area (Å²) in [5.41, 5.74) is 1.74. The van der Waals surface area contributed by atoms with E-state index in [0.29, 0.717) is 40.8 Å². The number of pyridine rings is 1. The Morgan fingerprint density at radius 3 is 2.68 bits per heavy atom. The van der Waals surface area contributed by atoms with Gasteiger partial charge in [0.1, 0.15) is 23.7 Å². The highest BCUT2D eigenvalue weighted by atomic mass is 32.2. The van der Waals surface area contributed by atoms with Gasteiger partial charge >= 0.3 is 6.36 Å². The van der Waals surface area contributed by atoms with E-state index in [4.69, 9.17) is 4.42 Å². The normalized spacial score (nSPS) is 16.6. The van der Waals surface area contributed by atoms with Crippen LogP contribution >= 0.6 is 0 Å². The summed E-state index contributed by atoms with van der Waals surface area (Å²) in [7, 11) is -4.06. The van der Waals surface area contributed by atoms with E-state index in [1.165, 1.54) is 49.1 Å². The van der Waals surface area contributed by atoms with Crippen molar-refractivity contribution < 1.29 is 35.5 Å². The summed E-state index contributed by atoms with van der Waals surface area (Å²) in [6.45, 7) is 0.158. The van der Waals surface area contributed by atoms with Crippen molar-refractivity contribution in [1.82, 2.24) is 24.6 Å². The number of hydrogen-bond donors (Lipinski definition) is 1. The van der Waals surface area contributed by atoms with E-state index in [0.717, 1.165) is 4.31 Å². The maximum absolute atomic E-state index is 13.2. The minimum absolute atomic E-state index is 0.00961. The van der Waals surface area contributed by atoms with E-state index in [-0.39, 0.29) is 23.9 Å². The molecule has 0 radical (unpaired) electrons. The quantitative estimate of drug-likeness (QED) is 0.372. The summed E-state index contributed by atoms with van der Waals surface area (Å²) >= 11 is 0. The van der Waals surface area contributed by atoms with E-state index < -0.39 is 28.3 Å². The predicted octanol–water partition coefficient (Wildman–Crippen LogP) is 3.65. The van der Waals surface area contributed by atoms with Crippen LogP contribution in [-0.2, 0) is 21.4 Å². The first-order valence-corrected chi connectivity index (χ1v) is 12.8. The predicted molar refractivity (Wildman–Crippen MR) is 127 cm³/mol. The molecule has 5 rings (SSSR count). The number of rotatable bonds is 7. The number of hydrogen-bond acceptors (Lipinski definition) is 8. The molecule has 1 fully saturated rings. The molecule has 3 aromatic heterocycles. The summed E-state index contributed by atoms with van der Waals surface area (Å²) in [6, 6.07) is 8.76. The van der Waals surface area contributed by atoms with Crippen LogP contribution < -0.4 is 10.1 Å². The molecular weight excluding hydrogens is 527 g/mol. The van der Waals surface area contributed by atoms with Crippen LogP contribution in [0, 0.1) is 0 Å². The van der Waals surface area contributed by atoms with E-state index >= 15 is 0 Å². The third-order valence-corrected chi connectivity index (χ3v) is 7.68. The Labute approximate surface area is 214 Å². The molecule has 1 aliphatic rings. The number of nitrogens with one attached hydrogen (secondary N) is 1. The molecule has 198 valence electrons. The topological polar surface area (TPSA) is 128 Å². The Morgan fingerprint density at radius 2 is 1.95 bits per heavy atom. The van der Waals surface area contributed by atoms with Crippen LogP contribution in [-0.4, -0.2) is 52.5 Å². The van der Waals surface area contributed by atoms with Gasteiger partial charge in [-0.3, -0.25) is 9.78 Å². The van der Waals surface area contributed by atoms with Crippen LogP contribution in [0.25, 0.3) is 22.2 Å². The molecule has 1 saturated heterocycles. The highest BCUT2D eigenvalue weighted by Crippen LogP contribution is 2.30. The van der Waals surface area contributed by atoms with E-state index in [9.17, 15) is 26.4 Å². The van der Waals surface area contributed by atoms with Gasteiger partial charge in [0.15, 0.2) is 0 Å². The van der Waals surface area contributed by atoms with E-state index in [1.54, 1.807) is 12.1 Å². The smallest absolute Gasteiger partial charge is 0.443 e. The molecule has 1 aromatic carbocycles. The maximum atomic E-state index is 13.2. The van der Waals surface area contributed by atoms with Crippen molar-refractivity contribution in [3.05, 3.63) is 66.9 Å². The number of carbonyl (C=O) groups is 1. The summed E-state index contributed by atoms with van der Waals surface area (Å²) in [5, 5.41) is 2.99. The fraction of sp³-hybridized carbons (Fsp3) is 0.250. The molecule has 4 aromatic rings. The number of halogens is 3. The lowest BCUT2D eigenvalue weighted by molar-refractivity contribution is -0.274. The fourth-order valence-corrected chi connectivity index (χ4v) is 5.78. The summed E-state index contributed by atoms with van der Waals surface area (Å²) in [5.74, 6) is -0.851. The molecule has 1 amide bonds. The molecule has 0 unspecified atom stereocenters. The van der Waals surface area contributed by atoms with Crippen molar-refractivity contribution in [3.8, 4) is 17.0 Å². The number of aromatic nitrogens is 3. The number of fused-ring (bicyclic) bond motifs is 1. The lowest BCUT2D eigenvalue weighted by Gasteiger charge is -2.22. The highest BCUT2D eigenvalue weighted by Gasteiger charge is 2.41. The molecule has 10 nitrogen and oxygen atoms in total. The van der Waals surface area contributed by atoms with Gasteiger partial charge in [0, 0.05) is 36.0 Å². The molecule has 4 heterocycles. The van der Waals surface area contributed by atoms with Crippen LogP contribution in [0.4, 0.5) is 13.2 Å². The lowest BCUT2D eigenvalue weighted by atomic mass is 10.1. The number of sulfonamides is 1. The third kappa shape index (κ3) is 5.45. The number of ether oxygens (including phenoxy) is 1. The highest BCUT2D eigenvalue weighted by molar-refractivity contribution is 7.89. The van der Waals surface area contributed by atoms with Crippen molar-refractivity contribution in [2.75, 3.05) is 6.54 Å². The van der Waals surface area contributed by atoms with Gasteiger partial charge in [0.05, 0.1) is 17.9 Å². The van der Waals surface area contributed by atoms with Gasteiger partial charge in [-0.25, -0.2) is 18.4 Å². The zero-order valence-electron chi connectivity index (χ0n) is 19.6. The molecule has 1 aliphatic heterocycles. The molecular formula is C24H20F3N5O5S. The molecule has 0 spiro atoms. The molecule has 38 heavy (non-hydrogen) atoms. The second-order valence-electron chi connectivity index (χ2n) is 8.44. The SMILES string of the molecule is O=C(NCc1cc(-c2ccc(OC(F)(F)F)cc2)ncn1)[C@@H]1CCCN1S(=O)(=O)c1cc2cnccc2o1. The molecule has 0 aliphatic carbocycles. The van der Waals surface area contributed by atoms with E-state index in [2.05, 4.69) is 25.0 Å². The molecule has 0 saturated carbocycles. The minimum atomic E-state index is -4.79. The van der Waals surface area contributed by atoms with Crippen molar-refractivity contribution in [2.45, 2.75) is 36.9 Å². The Balaban J connectivity index is 1.26. The Morgan fingerprint density at radius 1 is 1.16 bits per heavy atom. The second-order valence-corrected chi connectivity index (χ2v) is 10.3. The number of alkyl halides is 3. The first kappa shape index (κ1) is 25.6. The number of amides is 1. The first-order valence-electron chi connectivity index (χ1n) is 11.4. The van der Waals surface area contributed by atoms with Crippen molar-refractivity contribution >= 4 is 26.9 Å². The van der Waals surface area contributed by atoms with Crippen LogP contribution in [0.3, 0.4) is 0 Å². The lowest BCUT2D eigenvalue weighted by Crippen LogP contribution is -2.45. The molecule has 0 bridgehead atoms. The van der Waals surface area contributed by atoms with Crippen LogP contribution in [0.5, 0.6) is 5.75 Å². The summed E-state index contributed by atoms with van der Waals surface area (Å²) < 4.78 is 74.1. The van der Waals surface area contributed by atoms with Gasteiger partial charge in [-0.1, -0.05) is 0 Å². The fourth-order valence-electron chi connectivity index (χ4n) is 4.17. The molecule has 1 atom stereocenters. The zero-order valence-corrected chi connectivity index (χ0v) is 20.4. The summed E-state index contributed by atoms with van der Waals surface area (Å²) in [6.07, 6.45) is 0.301. The number of carbonyl (C=O) groups excluding carboxylic acids is 1. The molecule has 14 heteroatoms. The second kappa shape index (κ2) is 10.0. The van der Waals surface area contributed by atoms with Gasteiger partial charge in [-0.15, -0.1) is 13.2 Å². The largest absolute Gasteiger partial charge is 0.573 e. The third-order valence-electron chi connectivity index (χ3n) is 5.91. The van der Waals surface area contributed by atoms with Crippen LogP contribution in [0.1, 0.15) is 18.5 Å². The first-order chi connectivity index (χ1) is 18.1. The monoisotopic (exact) mass is 547 g/mol. The van der Waals surface area contributed by atoms with Gasteiger partial charge < -0.3 is 14.5 Å². The average molecular weight is 548 g/mol. The number of furan rings is 1. The van der Waals surface area contributed by atoms with Gasteiger partial charge in [-0.2, -0.15) is 4.31 Å². The van der Waals surface area contributed by atoms with Crippen LogP contribution in [0.15, 0.2) is 70.7 Å². The van der Waals surface area contributed by atoms with E-state index in [1.807, 2.05) is 0 Å². The zero-order chi connectivity index (χ0) is 26.9. The average Bonchev–Trinajstić information content (AvgIpc) is 3.55. The van der Waals surface area contributed by atoms with Gasteiger partial charge in [0.2, 0.25) is 11.0 Å². The minimum Gasteiger partial charge on any atom is -0.443 e. The Bertz CT molecular complexity index is 1540. The molecule has 1 N–H and O–H groups in total. The standard InChI is InChI=1S/C24H20F3N5O5S/c25-24(26,27)37-18-5-3-15(4-6-18)19-11-17(30-14-31-19)13-29-23(33)20-2-1-9-32(20)38(34,35)22-10-16-12-28-8-7-21(16)36-22/h3-8,10-12,14,20H,1-2,9,13H2,(H,29,33)/t20-/m0/s1.